The maximum absolute atomic E-state index is 10.6. The smallest absolute Gasteiger partial charge is 0.302 e. The van der Waals surface area contributed by atoms with Gasteiger partial charge in [0, 0.05) is 6.92 Å². The molecule has 0 aromatic rings. The summed E-state index contributed by atoms with van der Waals surface area (Å²) in [7, 11) is 0. The molecule has 3 nitrogen and oxygen atoms in total. The molecule has 1 aliphatic carbocycles. The Balaban J connectivity index is 2.42. The maximum atomic E-state index is 10.6. The van der Waals surface area contributed by atoms with Gasteiger partial charge in [-0.1, -0.05) is 6.08 Å². The lowest BCUT2D eigenvalue weighted by Crippen LogP contribution is -2.32. The number of hydrogen-bond acceptors (Lipinski definition) is 3. The molecule has 1 unspecified atom stereocenters. The van der Waals surface area contributed by atoms with Gasteiger partial charge in [-0.15, -0.1) is 0 Å². The van der Waals surface area contributed by atoms with Gasteiger partial charge in [-0.2, -0.15) is 0 Å². The fraction of sp³-hybridized carbons (Fsp3) is 0.750. The SMILES string of the molecule is CC(=O)OCC1=CCC(C(C)(C)O)CC1. The molecular formula is C12H20O3. The maximum Gasteiger partial charge on any atom is 0.302 e. The molecule has 0 heterocycles. The Kier molecular flexibility index (Phi) is 3.91. The van der Waals surface area contributed by atoms with Gasteiger partial charge in [-0.25, -0.2) is 0 Å². The Morgan fingerprint density at radius 1 is 1.67 bits per heavy atom. The van der Waals surface area contributed by atoms with E-state index >= 15 is 0 Å². The highest BCUT2D eigenvalue weighted by Crippen LogP contribution is 2.31. The quantitative estimate of drug-likeness (QED) is 0.575. The molecule has 0 fully saturated rings. The summed E-state index contributed by atoms with van der Waals surface area (Å²) in [4.78, 5) is 10.6. The normalized spacial score (nSPS) is 22.1. The van der Waals surface area contributed by atoms with Crippen molar-refractivity contribution in [1.82, 2.24) is 0 Å². The first kappa shape index (κ1) is 12.2. The number of hydrogen-bond donors (Lipinski definition) is 1. The third-order valence-electron chi connectivity index (χ3n) is 2.96. The monoisotopic (exact) mass is 212 g/mol. The van der Waals surface area contributed by atoms with Crippen molar-refractivity contribution < 1.29 is 14.6 Å². The first-order valence-electron chi connectivity index (χ1n) is 5.43. The molecule has 0 saturated heterocycles. The second-order valence-electron chi connectivity index (χ2n) is 4.77. The summed E-state index contributed by atoms with van der Waals surface area (Å²) in [6.45, 7) is 5.53. The van der Waals surface area contributed by atoms with E-state index < -0.39 is 5.60 Å². The van der Waals surface area contributed by atoms with E-state index in [1.54, 1.807) is 0 Å². The molecule has 0 radical (unpaired) electrons. The van der Waals surface area contributed by atoms with E-state index in [4.69, 9.17) is 4.74 Å². The van der Waals surface area contributed by atoms with Crippen molar-refractivity contribution in [3.8, 4) is 0 Å². The molecule has 0 aromatic carbocycles. The molecule has 0 bridgehead atoms. The van der Waals surface area contributed by atoms with Gasteiger partial charge >= 0.3 is 5.97 Å². The highest BCUT2D eigenvalue weighted by atomic mass is 16.5. The molecule has 15 heavy (non-hydrogen) atoms. The minimum Gasteiger partial charge on any atom is -0.461 e. The number of esters is 1. The largest absolute Gasteiger partial charge is 0.461 e. The van der Waals surface area contributed by atoms with E-state index in [-0.39, 0.29) is 5.97 Å². The van der Waals surface area contributed by atoms with E-state index in [1.807, 2.05) is 13.8 Å². The Labute approximate surface area is 91.1 Å². The molecule has 0 aliphatic heterocycles. The fourth-order valence-corrected chi connectivity index (χ4v) is 1.86. The van der Waals surface area contributed by atoms with E-state index in [0.29, 0.717) is 12.5 Å². The Hall–Kier alpha value is -0.830. The molecule has 0 aromatic heterocycles. The Morgan fingerprint density at radius 2 is 2.33 bits per heavy atom. The zero-order chi connectivity index (χ0) is 11.5. The number of rotatable bonds is 3. The molecule has 1 rings (SSSR count). The van der Waals surface area contributed by atoms with Crippen molar-refractivity contribution in [3.05, 3.63) is 11.6 Å². The van der Waals surface area contributed by atoms with Crippen molar-refractivity contribution in [1.29, 1.82) is 0 Å². The summed E-state index contributed by atoms with van der Waals surface area (Å²) in [5, 5.41) is 9.83. The van der Waals surface area contributed by atoms with Gasteiger partial charge in [0.1, 0.15) is 6.61 Å². The summed E-state index contributed by atoms with van der Waals surface area (Å²) in [6.07, 6.45) is 4.85. The first-order chi connectivity index (χ1) is 6.89. The van der Waals surface area contributed by atoms with E-state index in [0.717, 1.165) is 19.3 Å². The van der Waals surface area contributed by atoms with Gasteiger partial charge in [0.2, 0.25) is 0 Å². The predicted octanol–water partition coefficient (Wildman–Crippen LogP) is 2.05. The second-order valence-corrected chi connectivity index (χ2v) is 4.77. The third-order valence-corrected chi connectivity index (χ3v) is 2.96. The highest BCUT2D eigenvalue weighted by Gasteiger charge is 2.28. The van der Waals surface area contributed by atoms with Crippen LogP contribution in [0.1, 0.15) is 40.0 Å². The first-order valence-corrected chi connectivity index (χ1v) is 5.43. The van der Waals surface area contributed by atoms with Crippen molar-refractivity contribution in [2.75, 3.05) is 6.61 Å². The van der Waals surface area contributed by atoms with Crippen LogP contribution in [0.25, 0.3) is 0 Å². The number of allylic oxidation sites excluding steroid dienone is 1. The average molecular weight is 212 g/mol. The fourth-order valence-electron chi connectivity index (χ4n) is 1.86. The minimum absolute atomic E-state index is 0.236. The van der Waals surface area contributed by atoms with Crippen LogP contribution in [0.15, 0.2) is 11.6 Å². The standard InChI is InChI=1S/C12H20O3/c1-9(13)15-8-10-4-6-11(7-5-10)12(2,3)14/h4,11,14H,5-8H2,1-3H3. The van der Waals surface area contributed by atoms with Gasteiger partial charge < -0.3 is 9.84 Å². The van der Waals surface area contributed by atoms with Gasteiger partial charge in [0.25, 0.3) is 0 Å². The van der Waals surface area contributed by atoms with Crippen LogP contribution in [0.5, 0.6) is 0 Å². The predicted molar refractivity (Wildman–Crippen MR) is 58.4 cm³/mol. The van der Waals surface area contributed by atoms with E-state index in [1.165, 1.54) is 12.5 Å². The summed E-state index contributed by atoms with van der Waals surface area (Å²) >= 11 is 0. The zero-order valence-electron chi connectivity index (χ0n) is 9.75. The van der Waals surface area contributed by atoms with Crippen LogP contribution in [0, 0.1) is 5.92 Å². The van der Waals surface area contributed by atoms with Crippen LogP contribution < -0.4 is 0 Å². The number of carbonyl (C=O) groups excluding carboxylic acids is 1. The second kappa shape index (κ2) is 4.79. The van der Waals surface area contributed by atoms with Crippen molar-refractivity contribution in [2.24, 2.45) is 5.92 Å². The summed E-state index contributed by atoms with van der Waals surface area (Å²) < 4.78 is 4.93. The van der Waals surface area contributed by atoms with E-state index in [9.17, 15) is 9.90 Å². The van der Waals surface area contributed by atoms with E-state index in [2.05, 4.69) is 6.08 Å². The summed E-state index contributed by atoms with van der Waals surface area (Å²) in [5.74, 6) is 0.0825. The molecule has 86 valence electrons. The third kappa shape index (κ3) is 4.04. The summed E-state index contributed by atoms with van der Waals surface area (Å²) in [5.41, 5.74) is 0.564. The lowest BCUT2D eigenvalue weighted by Gasteiger charge is -2.31. The molecular weight excluding hydrogens is 192 g/mol. The van der Waals surface area contributed by atoms with Gasteiger partial charge in [0.05, 0.1) is 5.60 Å². The van der Waals surface area contributed by atoms with Crippen LogP contribution in [-0.2, 0) is 9.53 Å². The minimum atomic E-state index is -0.608. The van der Waals surface area contributed by atoms with Gasteiger partial charge in [0.15, 0.2) is 0 Å². The lowest BCUT2D eigenvalue weighted by molar-refractivity contribution is -0.140. The lowest BCUT2D eigenvalue weighted by atomic mass is 9.80. The number of carbonyl (C=O) groups is 1. The number of ether oxygens (including phenoxy) is 1. The summed E-state index contributed by atoms with van der Waals surface area (Å²) in [6, 6.07) is 0. The topological polar surface area (TPSA) is 46.5 Å². The van der Waals surface area contributed by atoms with Crippen LogP contribution in [0.2, 0.25) is 0 Å². The Morgan fingerprint density at radius 3 is 2.73 bits per heavy atom. The average Bonchev–Trinajstić information content (AvgIpc) is 2.14. The van der Waals surface area contributed by atoms with Crippen LogP contribution >= 0.6 is 0 Å². The van der Waals surface area contributed by atoms with Gasteiger partial charge in [-0.05, 0) is 44.6 Å². The molecule has 0 saturated carbocycles. The Bertz CT molecular complexity index is 261. The van der Waals surface area contributed by atoms with Crippen molar-refractivity contribution in [2.45, 2.75) is 45.6 Å². The van der Waals surface area contributed by atoms with Crippen molar-refractivity contribution in [3.63, 3.8) is 0 Å². The van der Waals surface area contributed by atoms with Gasteiger partial charge in [-0.3, -0.25) is 4.79 Å². The van der Waals surface area contributed by atoms with Crippen LogP contribution in [0.3, 0.4) is 0 Å². The molecule has 1 N–H and O–H groups in total. The van der Waals surface area contributed by atoms with Crippen molar-refractivity contribution >= 4 is 5.97 Å². The molecule has 0 amide bonds. The molecule has 3 heteroatoms. The molecule has 1 atom stereocenters. The molecule has 0 spiro atoms. The zero-order valence-corrected chi connectivity index (χ0v) is 9.75. The number of aliphatic hydroxyl groups is 1. The molecule has 1 aliphatic rings. The van der Waals surface area contributed by atoms with Crippen LogP contribution in [-0.4, -0.2) is 23.3 Å². The van der Waals surface area contributed by atoms with Crippen LogP contribution in [0.4, 0.5) is 0 Å². The highest BCUT2D eigenvalue weighted by molar-refractivity contribution is 5.66.